The molecule has 4 nitrogen and oxygen atoms in total. The molecule has 1 aliphatic rings. The van der Waals surface area contributed by atoms with Crippen molar-refractivity contribution in [3.8, 4) is 5.75 Å². The van der Waals surface area contributed by atoms with Gasteiger partial charge in [-0.15, -0.1) is 6.58 Å². The number of phenols is 1. The van der Waals surface area contributed by atoms with Crippen molar-refractivity contribution in [3.05, 3.63) is 89.4 Å². The van der Waals surface area contributed by atoms with E-state index >= 15 is 0 Å². The van der Waals surface area contributed by atoms with Crippen LogP contribution in [0.25, 0.3) is 16.8 Å². The van der Waals surface area contributed by atoms with Crippen molar-refractivity contribution in [2.45, 2.75) is 6.92 Å². The van der Waals surface area contributed by atoms with Crippen LogP contribution in [0.4, 0.5) is 5.69 Å². The lowest BCUT2D eigenvalue weighted by atomic mass is 10.0. The maximum atomic E-state index is 13.0. The van der Waals surface area contributed by atoms with Crippen LogP contribution in [0.15, 0.2) is 83.2 Å². The number of nitrogens with zero attached hydrogens (tertiary/aromatic N) is 2. The van der Waals surface area contributed by atoms with Crippen molar-refractivity contribution in [1.29, 1.82) is 0 Å². The van der Waals surface area contributed by atoms with E-state index in [0.29, 0.717) is 22.3 Å². The number of amidine groups is 1. The number of aliphatic imine (C=N–C) groups is 1. The number of benzene rings is 3. The van der Waals surface area contributed by atoms with Gasteiger partial charge in [-0.2, -0.15) is 0 Å². The fourth-order valence-electron chi connectivity index (χ4n) is 3.23. The number of aromatic hydroxyl groups is 1. The highest BCUT2D eigenvalue weighted by atomic mass is 32.2. The van der Waals surface area contributed by atoms with E-state index in [9.17, 15) is 9.90 Å². The van der Waals surface area contributed by atoms with Gasteiger partial charge >= 0.3 is 0 Å². The number of carbonyl (C=O) groups is 1. The molecule has 0 saturated carbocycles. The van der Waals surface area contributed by atoms with Crippen LogP contribution in [0.5, 0.6) is 5.75 Å². The van der Waals surface area contributed by atoms with Gasteiger partial charge in [-0.3, -0.25) is 9.69 Å². The Morgan fingerprint density at radius 1 is 1.14 bits per heavy atom. The number of aryl methyl sites for hydroxylation is 1. The topological polar surface area (TPSA) is 52.9 Å². The highest BCUT2D eigenvalue weighted by Gasteiger charge is 2.32. The Morgan fingerprint density at radius 2 is 1.93 bits per heavy atom. The average molecular weight is 401 g/mol. The molecule has 144 valence electrons. The summed E-state index contributed by atoms with van der Waals surface area (Å²) in [5, 5.41) is 12.9. The number of amides is 1. The highest BCUT2D eigenvalue weighted by molar-refractivity contribution is 8.18. The molecule has 1 heterocycles. The first kappa shape index (κ1) is 19.0. The number of phenolic OH excluding ortho intramolecular Hbond substituents is 1. The number of rotatable bonds is 4. The minimum atomic E-state index is -0.117. The van der Waals surface area contributed by atoms with E-state index in [0.717, 1.165) is 21.9 Å². The number of hydrogen-bond donors (Lipinski definition) is 1. The normalized spacial score (nSPS) is 16.9. The van der Waals surface area contributed by atoms with Crippen molar-refractivity contribution in [2.75, 3.05) is 6.54 Å². The van der Waals surface area contributed by atoms with Gasteiger partial charge in [0.2, 0.25) is 0 Å². The lowest BCUT2D eigenvalue weighted by Gasteiger charge is -2.13. The van der Waals surface area contributed by atoms with Crippen LogP contribution in [-0.4, -0.2) is 27.6 Å². The molecule has 0 aliphatic carbocycles. The summed E-state index contributed by atoms with van der Waals surface area (Å²) in [6, 6.07) is 19.4. The number of hydrogen-bond acceptors (Lipinski definition) is 4. The standard InChI is InChI=1S/C24H20N2O2S/c1-3-13-26-23(28)22(15-18-9-6-8-17-7-4-5-10-19(17)18)29-24(26)25-20-12-11-16(2)14-21(20)27/h3-12,14-15,27H,1,13H2,2H3/b22-15-,25-24?. The lowest BCUT2D eigenvalue weighted by Crippen LogP contribution is -2.29. The molecular weight excluding hydrogens is 380 g/mol. The highest BCUT2D eigenvalue weighted by Crippen LogP contribution is 2.37. The SMILES string of the molecule is C=CCN1C(=O)/C(=C/c2cccc3ccccc23)SC1=Nc1ccc(C)cc1O. The van der Waals surface area contributed by atoms with Gasteiger partial charge in [-0.25, -0.2) is 4.99 Å². The molecule has 5 heteroatoms. The minimum Gasteiger partial charge on any atom is -0.506 e. The largest absolute Gasteiger partial charge is 0.506 e. The number of fused-ring (bicyclic) bond motifs is 1. The van der Waals surface area contributed by atoms with Gasteiger partial charge in [0, 0.05) is 6.54 Å². The Labute approximate surface area is 173 Å². The third-order valence-electron chi connectivity index (χ3n) is 4.66. The molecule has 0 spiro atoms. The molecule has 1 fully saturated rings. The van der Waals surface area contributed by atoms with Crippen LogP contribution in [0, 0.1) is 6.92 Å². The van der Waals surface area contributed by atoms with Crippen molar-refractivity contribution in [1.82, 2.24) is 4.90 Å². The summed E-state index contributed by atoms with van der Waals surface area (Å²) >= 11 is 1.31. The molecule has 1 N–H and O–H groups in total. The van der Waals surface area contributed by atoms with E-state index in [-0.39, 0.29) is 11.7 Å². The second-order valence-corrected chi connectivity index (χ2v) is 7.78. The second-order valence-electron chi connectivity index (χ2n) is 6.77. The van der Waals surface area contributed by atoms with Crippen LogP contribution in [0.1, 0.15) is 11.1 Å². The second kappa shape index (κ2) is 7.97. The number of carbonyl (C=O) groups excluding carboxylic acids is 1. The molecule has 1 aliphatic heterocycles. The molecule has 1 amide bonds. The van der Waals surface area contributed by atoms with Gasteiger partial charge in [-0.1, -0.05) is 54.6 Å². The van der Waals surface area contributed by atoms with Gasteiger partial charge in [0.1, 0.15) is 11.4 Å². The quantitative estimate of drug-likeness (QED) is 0.455. The van der Waals surface area contributed by atoms with Crippen LogP contribution >= 0.6 is 11.8 Å². The fourth-order valence-corrected chi connectivity index (χ4v) is 4.22. The molecule has 3 aromatic carbocycles. The molecule has 0 aromatic heterocycles. The zero-order chi connectivity index (χ0) is 20.4. The van der Waals surface area contributed by atoms with Gasteiger partial charge in [0.05, 0.1) is 4.91 Å². The summed E-state index contributed by atoms with van der Waals surface area (Å²) in [5.41, 5.74) is 2.37. The molecule has 0 atom stereocenters. The smallest absolute Gasteiger partial charge is 0.267 e. The van der Waals surface area contributed by atoms with E-state index < -0.39 is 0 Å². The van der Waals surface area contributed by atoms with E-state index in [4.69, 9.17) is 0 Å². The summed E-state index contributed by atoms with van der Waals surface area (Å²) in [7, 11) is 0. The summed E-state index contributed by atoms with van der Waals surface area (Å²) in [6.45, 7) is 6.01. The fraction of sp³-hybridized carbons (Fsp3) is 0.0833. The van der Waals surface area contributed by atoms with Crippen molar-refractivity contribution < 1.29 is 9.90 Å². The zero-order valence-electron chi connectivity index (χ0n) is 16.0. The third-order valence-corrected chi connectivity index (χ3v) is 5.66. The molecule has 29 heavy (non-hydrogen) atoms. The number of thioether (sulfide) groups is 1. The van der Waals surface area contributed by atoms with E-state index in [2.05, 4.69) is 23.7 Å². The molecule has 0 unspecified atom stereocenters. The Balaban J connectivity index is 1.76. The summed E-state index contributed by atoms with van der Waals surface area (Å²) in [5.74, 6) is -0.0243. The lowest BCUT2D eigenvalue weighted by molar-refractivity contribution is -0.121. The van der Waals surface area contributed by atoms with Gasteiger partial charge < -0.3 is 5.11 Å². The first-order valence-electron chi connectivity index (χ1n) is 9.25. The summed E-state index contributed by atoms with van der Waals surface area (Å²) < 4.78 is 0. The molecule has 3 aromatic rings. The molecular formula is C24H20N2O2S. The van der Waals surface area contributed by atoms with E-state index in [1.807, 2.05) is 49.4 Å². The van der Waals surface area contributed by atoms with Crippen molar-refractivity contribution >= 4 is 45.4 Å². The van der Waals surface area contributed by atoms with E-state index in [1.165, 1.54) is 11.8 Å². The van der Waals surface area contributed by atoms with Crippen LogP contribution in [0.2, 0.25) is 0 Å². The molecule has 0 bridgehead atoms. The summed E-state index contributed by atoms with van der Waals surface area (Å²) in [6.07, 6.45) is 3.58. The Kier molecular flexibility index (Phi) is 5.23. The van der Waals surface area contributed by atoms with Crippen LogP contribution < -0.4 is 0 Å². The molecule has 4 rings (SSSR count). The van der Waals surface area contributed by atoms with Crippen molar-refractivity contribution in [2.24, 2.45) is 4.99 Å². The predicted molar refractivity (Wildman–Crippen MR) is 121 cm³/mol. The zero-order valence-corrected chi connectivity index (χ0v) is 16.8. The Morgan fingerprint density at radius 3 is 2.72 bits per heavy atom. The maximum Gasteiger partial charge on any atom is 0.267 e. The average Bonchev–Trinajstić information content (AvgIpc) is 3.00. The van der Waals surface area contributed by atoms with Gasteiger partial charge in [0.25, 0.3) is 5.91 Å². The van der Waals surface area contributed by atoms with E-state index in [1.54, 1.807) is 23.1 Å². The molecule has 0 radical (unpaired) electrons. The predicted octanol–water partition coefficient (Wildman–Crippen LogP) is 5.64. The Bertz CT molecular complexity index is 1180. The maximum absolute atomic E-state index is 13.0. The van der Waals surface area contributed by atoms with Crippen LogP contribution in [-0.2, 0) is 4.79 Å². The first-order chi connectivity index (χ1) is 14.1. The van der Waals surface area contributed by atoms with Gasteiger partial charge in [0.15, 0.2) is 5.17 Å². The first-order valence-corrected chi connectivity index (χ1v) is 10.1. The summed E-state index contributed by atoms with van der Waals surface area (Å²) in [4.78, 5) is 19.7. The molecule has 1 saturated heterocycles. The van der Waals surface area contributed by atoms with Crippen LogP contribution in [0.3, 0.4) is 0 Å². The third kappa shape index (κ3) is 3.82. The van der Waals surface area contributed by atoms with Gasteiger partial charge in [-0.05, 0) is 58.8 Å². The minimum absolute atomic E-state index is 0.0931. The Hall–Kier alpha value is -3.31. The van der Waals surface area contributed by atoms with Crippen molar-refractivity contribution in [3.63, 3.8) is 0 Å². The monoisotopic (exact) mass is 400 g/mol.